The van der Waals surface area contributed by atoms with E-state index < -0.39 is 21.5 Å². The van der Waals surface area contributed by atoms with Crippen LogP contribution >= 0.6 is 0 Å². The summed E-state index contributed by atoms with van der Waals surface area (Å²) in [5, 5.41) is 15.6. The molecular weight excluding hydrogens is 416 g/mol. The maximum Gasteiger partial charge on any atom is 0.258 e. The third-order valence-electron chi connectivity index (χ3n) is 6.16. The fraction of sp³-hybridized carbons (Fsp3) is 0.409. The maximum atomic E-state index is 13.1. The Labute approximate surface area is 182 Å². The topological polar surface area (TPSA) is 107 Å². The standard InChI is InChI=1S/C22H28N4O4S/c23-21(27)22(28,18-6-2-1-3-7-18)19-8-10-20(11-9-19)31(29,30)26-16-14-25(15-17-26)24-12-4-5-13-24/h1-3,6-11,28H,4-5,12-17H2,(H2,23,27). The molecule has 4 rings (SSSR count). The number of amides is 1. The molecule has 0 aliphatic carbocycles. The molecule has 0 aromatic heterocycles. The number of sulfonamides is 1. The van der Waals surface area contributed by atoms with Crippen LogP contribution in [0.15, 0.2) is 59.5 Å². The number of hydrogen-bond acceptors (Lipinski definition) is 6. The van der Waals surface area contributed by atoms with Gasteiger partial charge in [-0.2, -0.15) is 4.31 Å². The fourth-order valence-electron chi connectivity index (χ4n) is 4.33. The monoisotopic (exact) mass is 444 g/mol. The second-order valence-corrected chi connectivity index (χ2v) is 9.92. The van der Waals surface area contributed by atoms with Crippen molar-refractivity contribution >= 4 is 15.9 Å². The highest BCUT2D eigenvalue weighted by atomic mass is 32.2. The number of hydrogen-bond donors (Lipinski definition) is 2. The Kier molecular flexibility index (Phi) is 6.14. The smallest absolute Gasteiger partial charge is 0.258 e. The molecule has 2 fully saturated rings. The Balaban J connectivity index is 1.52. The fourth-order valence-corrected chi connectivity index (χ4v) is 5.75. The summed E-state index contributed by atoms with van der Waals surface area (Å²) in [4.78, 5) is 12.3. The highest BCUT2D eigenvalue weighted by Gasteiger charge is 2.38. The number of piperazine rings is 1. The average molecular weight is 445 g/mol. The Morgan fingerprint density at radius 2 is 1.32 bits per heavy atom. The van der Waals surface area contributed by atoms with Crippen molar-refractivity contribution in [3.63, 3.8) is 0 Å². The van der Waals surface area contributed by atoms with E-state index in [9.17, 15) is 18.3 Å². The van der Waals surface area contributed by atoms with Crippen LogP contribution in [0.5, 0.6) is 0 Å². The first kappa shape index (κ1) is 21.9. The molecule has 166 valence electrons. The van der Waals surface area contributed by atoms with E-state index in [0.717, 1.165) is 13.1 Å². The van der Waals surface area contributed by atoms with Crippen molar-refractivity contribution in [1.29, 1.82) is 0 Å². The number of benzene rings is 2. The summed E-state index contributed by atoms with van der Waals surface area (Å²) in [5.74, 6) is -0.924. The molecule has 0 saturated carbocycles. The predicted molar refractivity (Wildman–Crippen MR) is 116 cm³/mol. The summed E-state index contributed by atoms with van der Waals surface area (Å²) in [5.41, 5.74) is 4.04. The van der Waals surface area contributed by atoms with Crippen LogP contribution in [0.1, 0.15) is 24.0 Å². The lowest BCUT2D eigenvalue weighted by Crippen LogP contribution is -2.54. The molecular formula is C22H28N4O4S. The molecule has 0 radical (unpaired) electrons. The van der Waals surface area contributed by atoms with Crippen molar-refractivity contribution in [3.8, 4) is 0 Å². The van der Waals surface area contributed by atoms with Gasteiger partial charge in [0.1, 0.15) is 0 Å². The van der Waals surface area contributed by atoms with Crippen LogP contribution < -0.4 is 5.73 Å². The van der Waals surface area contributed by atoms with Gasteiger partial charge in [0, 0.05) is 39.3 Å². The normalized spacial score (nSPS) is 21.1. The van der Waals surface area contributed by atoms with Gasteiger partial charge in [0.15, 0.2) is 5.60 Å². The van der Waals surface area contributed by atoms with Crippen LogP contribution in [0.3, 0.4) is 0 Å². The summed E-state index contributed by atoms with van der Waals surface area (Å²) in [6.07, 6.45) is 2.37. The van der Waals surface area contributed by atoms with Crippen LogP contribution in [0.4, 0.5) is 0 Å². The summed E-state index contributed by atoms with van der Waals surface area (Å²) in [6, 6.07) is 14.1. The Morgan fingerprint density at radius 3 is 1.87 bits per heavy atom. The van der Waals surface area contributed by atoms with Gasteiger partial charge in [-0.05, 0) is 36.1 Å². The first-order valence-corrected chi connectivity index (χ1v) is 12.0. The predicted octanol–water partition coefficient (Wildman–Crippen LogP) is 0.725. The summed E-state index contributed by atoms with van der Waals surface area (Å²) < 4.78 is 27.7. The number of rotatable bonds is 6. The molecule has 0 spiro atoms. The molecule has 8 nitrogen and oxygen atoms in total. The number of hydrazine groups is 1. The van der Waals surface area contributed by atoms with Gasteiger partial charge < -0.3 is 10.8 Å². The third-order valence-corrected chi connectivity index (χ3v) is 8.07. The minimum atomic E-state index is -3.67. The molecule has 2 aliphatic heterocycles. The maximum absolute atomic E-state index is 13.1. The molecule has 2 heterocycles. The molecule has 1 unspecified atom stereocenters. The second kappa shape index (κ2) is 8.68. The van der Waals surface area contributed by atoms with Crippen molar-refractivity contribution in [1.82, 2.24) is 14.3 Å². The van der Waals surface area contributed by atoms with E-state index in [0.29, 0.717) is 31.7 Å². The lowest BCUT2D eigenvalue weighted by Gasteiger charge is -2.38. The molecule has 2 saturated heterocycles. The lowest BCUT2D eigenvalue weighted by atomic mass is 9.86. The number of nitrogens with two attached hydrogens (primary N) is 1. The number of primary amides is 1. The SMILES string of the molecule is NC(=O)C(O)(c1ccccc1)c1ccc(S(=O)(=O)N2CCN(N3CCCC3)CC2)cc1. The average Bonchev–Trinajstić information content (AvgIpc) is 3.34. The summed E-state index contributed by atoms with van der Waals surface area (Å²) in [7, 11) is -3.67. The highest BCUT2D eigenvalue weighted by molar-refractivity contribution is 7.89. The van der Waals surface area contributed by atoms with Crippen molar-refractivity contribution in [2.75, 3.05) is 39.3 Å². The second-order valence-electron chi connectivity index (χ2n) is 7.98. The number of carbonyl (C=O) groups excluding carboxylic acids is 1. The third kappa shape index (κ3) is 4.11. The molecule has 0 bridgehead atoms. The molecule has 1 amide bonds. The largest absolute Gasteiger partial charge is 0.372 e. The van der Waals surface area contributed by atoms with E-state index >= 15 is 0 Å². The zero-order chi connectivity index (χ0) is 22.1. The van der Waals surface area contributed by atoms with Gasteiger partial charge in [-0.1, -0.05) is 42.5 Å². The van der Waals surface area contributed by atoms with E-state index in [1.807, 2.05) is 0 Å². The quantitative estimate of drug-likeness (QED) is 0.680. The van der Waals surface area contributed by atoms with E-state index in [2.05, 4.69) is 10.0 Å². The van der Waals surface area contributed by atoms with Crippen LogP contribution in [0.25, 0.3) is 0 Å². The molecule has 1 atom stereocenters. The Morgan fingerprint density at radius 1 is 0.806 bits per heavy atom. The van der Waals surface area contributed by atoms with Gasteiger partial charge in [-0.15, -0.1) is 0 Å². The van der Waals surface area contributed by atoms with Gasteiger partial charge >= 0.3 is 0 Å². The van der Waals surface area contributed by atoms with Crippen LogP contribution in [0, 0.1) is 0 Å². The summed E-state index contributed by atoms with van der Waals surface area (Å²) in [6.45, 7) is 4.28. The van der Waals surface area contributed by atoms with Crippen LogP contribution in [-0.4, -0.2) is 73.0 Å². The molecule has 3 N–H and O–H groups in total. The number of aliphatic hydroxyl groups is 1. The molecule has 2 aromatic rings. The molecule has 2 aliphatic rings. The minimum Gasteiger partial charge on any atom is -0.372 e. The van der Waals surface area contributed by atoms with E-state index in [-0.39, 0.29) is 10.5 Å². The Bertz CT molecular complexity index is 1020. The van der Waals surface area contributed by atoms with E-state index in [1.165, 1.54) is 41.4 Å². The van der Waals surface area contributed by atoms with Gasteiger partial charge in [0.25, 0.3) is 5.91 Å². The first-order valence-electron chi connectivity index (χ1n) is 10.5. The molecule has 31 heavy (non-hydrogen) atoms. The number of carbonyl (C=O) groups is 1. The summed E-state index contributed by atoms with van der Waals surface area (Å²) >= 11 is 0. The zero-order valence-electron chi connectivity index (χ0n) is 17.4. The highest BCUT2D eigenvalue weighted by Crippen LogP contribution is 2.30. The van der Waals surface area contributed by atoms with Crippen molar-refractivity contribution in [3.05, 3.63) is 65.7 Å². The van der Waals surface area contributed by atoms with Crippen LogP contribution in [-0.2, 0) is 20.4 Å². The number of nitrogens with zero attached hydrogens (tertiary/aromatic N) is 3. The van der Waals surface area contributed by atoms with Gasteiger partial charge in [-0.3, -0.25) is 4.79 Å². The van der Waals surface area contributed by atoms with E-state index in [1.54, 1.807) is 30.3 Å². The minimum absolute atomic E-state index is 0.130. The van der Waals surface area contributed by atoms with Gasteiger partial charge in [0.2, 0.25) is 10.0 Å². The van der Waals surface area contributed by atoms with Gasteiger partial charge in [0.05, 0.1) is 4.90 Å². The zero-order valence-corrected chi connectivity index (χ0v) is 18.2. The lowest BCUT2D eigenvalue weighted by molar-refractivity contribution is -0.133. The van der Waals surface area contributed by atoms with Crippen molar-refractivity contribution in [2.24, 2.45) is 5.73 Å². The first-order chi connectivity index (χ1) is 14.8. The van der Waals surface area contributed by atoms with E-state index in [4.69, 9.17) is 5.73 Å². The molecule has 9 heteroatoms. The van der Waals surface area contributed by atoms with Crippen molar-refractivity contribution in [2.45, 2.75) is 23.3 Å². The van der Waals surface area contributed by atoms with Crippen LogP contribution in [0.2, 0.25) is 0 Å². The Hall–Kier alpha value is -2.30. The van der Waals surface area contributed by atoms with Gasteiger partial charge in [-0.25, -0.2) is 18.4 Å². The van der Waals surface area contributed by atoms with Crippen molar-refractivity contribution < 1.29 is 18.3 Å². The molecule has 2 aromatic carbocycles.